The minimum atomic E-state index is -3.50. The zero-order chi connectivity index (χ0) is 14.6. The zero-order valence-corrected chi connectivity index (χ0v) is 11.8. The van der Waals surface area contributed by atoms with Gasteiger partial charge in [-0.15, -0.1) is 0 Å². The number of halogens is 1. The molecule has 106 valence electrons. The van der Waals surface area contributed by atoms with E-state index in [4.69, 9.17) is 0 Å². The third kappa shape index (κ3) is 4.11. The highest BCUT2D eigenvalue weighted by molar-refractivity contribution is 7.88. The molecule has 1 aromatic heterocycles. The number of hydrogen-bond acceptors (Lipinski definition) is 3. The lowest BCUT2D eigenvalue weighted by Crippen LogP contribution is -2.28. The van der Waals surface area contributed by atoms with Crippen molar-refractivity contribution in [2.75, 3.05) is 0 Å². The van der Waals surface area contributed by atoms with Crippen LogP contribution in [0.2, 0.25) is 0 Å². The van der Waals surface area contributed by atoms with Gasteiger partial charge in [0.25, 0.3) is 0 Å². The summed E-state index contributed by atoms with van der Waals surface area (Å²) in [7, 11) is -3.50. The summed E-state index contributed by atoms with van der Waals surface area (Å²) >= 11 is 0. The van der Waals surface area contributed by atoms with Crippen LogP contribution in [-0.4, -0.2) is 13.4 Å². The number of benzene rings is 1. The van der Waals surface area contributed by atoms with E-state index in [2.05, 4.69) is 9.71 Å². The van der Waals surface area contributed by atoms with Crippen molar-refractivity contribution >= 4 is 10.0 Å². The standard InChI is InChI=1S/C14H15FN2O2S/c1-11(13-3-2-8-16-9-13)17-20(18,19)10-12-4-6-14(15)7-5-12/h2-9,11,17H,10H2,1H3. The highest BCUT2D eigenvalue weighted by atomic mass is 32.2. The third-order valence-corrected chi connectivity index (χ3v) is 4.24. The second-order valence-electron chi connectivity index (χ2n) is 4.51. The van der Waals surface area contributed by atoms with Gasteiger partial charge in [-0.25, -0.2) is 17.5 Å². The van der Waals surface area contributed by atoms with Crippen molar-refractivity contribution in [3.8, 4) is 0 Å². The van der Waals surface area contributed by atoms with Crippen LogP contribution in [0.15, 0.2) is 48.8 Å². The molecule has 20 heavy (non-hydrogen) atoms. The van der Waals surface area contributed by atoms with Gasteiger partial charge in [0, 0.05) is 18.4 Å². The Bertz CT molecular complexity index is 657. The van der Waals surface area contributed by atoms with Crippen LogP contribution in [0.25, 0.3) is 0 Å². The summed E-state index contributed by atoms with van der Waals surface area (Å²) in [4.78, 5) is 3.95. The monoisotopic (exact) mass is 294 g/mol. The quantitative estimate of drug-likeness (QED) is 0.921. The topological polar surface area (TPSA) is 59.1 Å². The number of pyridine rings is 1. The van der Waals surface area contributed by atoms with Crippen LogP contribution in [0.1, 0.15) is 24.1 Å². The molecule has 0 fully saturated rings. The molecule has 2 rings (SSSR count). The Kier molecular flexibility index (Phi) is 4.46. The Balaban J connectivity index is 2.06. The Labute approximate surface area is 117 Å². The van der Waals surface area contributed by atoms with Gasteiger partial charge in [0.1, 0.15) is 5.82 Å². The molecule has 0 spiro atoms. The maximum absolute atomic E-state index is 12.8. The third-order valence-electron chi connectivity index (χ3n) is 2.81. The van der Waals surface area contributed by atoms with Crippen LogP contribution in [-0.2, 0) is 15.8 Å². The molecule has 1 N–H and O–H groups in total. The fraction of sp³-hybridized carbons (Fsp3) is 0.214. The first-order valence-electron chi connectivity index (χ1n) is 6.11. The number of nitrogens with zero attached hydrogens (tertiary/aromatic N) is 1. The van der Waals surface area contributed by atoms with Crippen LogP contribution < -0.4 is 4.72 Å². The van der Waals surface area contributed by atoms with Gasteiger partial charge in [0.2, 0.25) is 10.0 Å². The van der Waals surface area contributed by atoms with E-state index in [9.17, 15) is 12.8 Å². The molecule has 1 atom stereocenters. The molecule has 0 bridgehead atoms. The Morgan fingerprint density at radius 3 is 2.55 bits per heavy atom. The van der Waals surface area contributed by atoms with Crippen LogP contribution >= 0.6 is 0 Å². The molecule has 0 aliphatic heterocycles. The fourth-order valence-corrected chi connectivity index (χ4v) is 3.20. The lowest BCUT2D eigenvalue weighted by atomic mass is 10.2. The number of aromatic nitrogens is 1. The van der Waals surface area contributed by atoms with Crippen molar-refractivity contribution in [1.29, 1.82) is 0 Å². The van der Waals surface area contributed by atoms with Gasteiger partial charge in [-0.2, -0.15) is 0 Å². The van der Waals surface area contributed by atoms with E-state index in [1.807, 2.05) is 0 Å². The predicted molar refractivity (Wildman–Crippen MR) is 74.8 cm³/mol. The number of sulfonamides is 1. The zero-order valence-electron chi connectivity index (χ0n) is 11.0. The molecule has 2 aromatic rings. The van der Waals surface area contributed by atoms with Gasteiger partial charge in [0.05, 0.1) is 5.75 Å². The molecule has 0 aliphatic rings. The van der Waals surface area contributed by atoms with E-state index in [0.717, 1.165) is 5.56 Å². The van der Waals surface area contributed by atoms with Gasteiger partial charge in [-0.05, 0) is 36.2 Å². The largest absolute Gasteiger partial charge is 0.264 e. The minimum absolute atomic E-state index is 0.183. The van der Waals surface area contributed by atoms with Crippen molar-refractivity contribution < 1.29 is 12.8 Å². The molecule has 1 aromatic carbocycles. The van der Waals surface area contributed by atoms with Crippen molar-refractivity contribution in [2.45, 2.75) is 18.7 Å². The number of rotatable bonds is 5. The summed E-state index contributed by atoms with van der Waals surface area (Å²) in [5.74, 6) is -0.569. The minimum Gasteiger partial charge on any atom is -0.264 e. The summed E-state index contributed by atoms with van der Waals surface area (Å²) < 4.78 is 39.4. The molecule has 0 amide bonds. The smallest absolute Gasteiger partial charge is 0.216 e. The van der Waals surface area contributed by atoms with Gasteiger partial charge in [-0.1, -0.05) is 18.2 Å². The normalized spacial score (nSPS) is 13.1. The summed E-state index contributed by atoms with van der Waals surface area (Å²) in [6.07, 6.45) is 3.24. The van der Waals surface area contributed by atoms with Crippen LogP contribution in [0.3, 0.4) is 0 Å². The van der Waals surface area contributed by atoms with Crippen molar-refractivity contribution in [3.05, 3.63) is 65.7 Å². The average Bonchev–Trinajstić information content (AvgIpc) is 2.41. The average molecular weight is 294 g/mol. The molecule has 0 saturated carbocycles. The Morgan fingerprint density at radius 1 is 1.25 bits per heavy atom. The summed E-state index contributed by atoms with van der Waals surface area (Å²) in [6, 6.07) is 8.60. The highest BCUT2D eigenvalue weighted by Gasteiger charge is 2.16. The molecular formula is C14H15FN2O2S. The first-order valence-corrected chi connectivity index (χ1v) is 7.76. The van der Waals surface area contributed by atoms with Crippen molar-refractivity contribution in [3.63, 3.8) is 0 Å². The fourth-order valence-electron chi connectivity index (χ4n) is 1.81. The van der Waals surface area contributed by atoms with E-state index < -0.39 is 10.0 Å². The maximum atomic E-state index is 12.8. The highest BCUT2D eigenvalue weighted by Crippen LogP contribution is 2.13. The van der Waals surface area contributed by atoms with Gasteiger partial charge in [-0.3, -0.25) is 4.98 Å². The molecule has 0 saturated heterocycles. The summed E-state index contributed by atoms with van der Waals surface area (Å²) in [5.41, 5.74) is 1.33. The Hall–Kier alpha value is -1.79. The molecule has 0 aliphatic carbocycles. The van der Waals surface area contributed by atoms with Crippen molar-refractivity contribution in [2.24, 2.45) is 0 Å². The van der Waals surface area contributed by atoms with Crippen molar-refractivity contribution in [1.82, 2.24) is 9.71 Å². The molecule has 4 nitrogen and oxygen atoms in total. The molecule has 1 heterocycles. The van der Waals surface area contributed by atoms with E-state index in [1.165, 1.54) is 24.3 Å². The first-order chi connectivity index (χ1) is 9.46. The SMILES string of the molecule is CC(NS(=O)(=O)Cc1ccc(F)cc1)c1cccnc1. The van der Waals surface area contributed by atoms with E-state index in [0.29, 0.717) is 5.56 Å². The molecule has 6 heteroatoms. The number of hydrogen-bond donors (Lipinski definition) is 1. The van der Waals surface area contributed by atoms with Gasteiger partial charge in [0.15, 0.2) is 0 Å². The second-order valence-corrected chi connectivity index (χ2v) is 6.27. The van der Waals surface area contributed by atoms with Crippen LogP contribution in [0, 0.1) is 5.82 Å². The van der Waals surface area contributed by atoms with E-state index >= 15 is 0 Å². The molecular weight excluding hydrogens is 279 g/mol. The van der Waals surface area contributed by atoms with Gasteiger partial charge >= 0.3 is 0 Å². The second kappa shape index (κ2) is 6.11. The summed E-state index contributed by atoms with van der Waals surface area (Å²) in [6.45, 7) is 1.75. The predicted octanol–water partition coefficient (Wildman–Crippen LogP) is 2.40. The van der Waals surface area contributed by atoms with Crippen LogP contribution in [0.4, 0.5) is 4.39 Å². The maximum Gasteiger partial charge on any atom is 0.216 e. The van der Waals surface area contributed by atoms with Crippen LogP contribution in [0.5, 0.6) is 0 Å². The summed E-state index contributed by atoms with van der Waals surface area (Å²) in [5, 5.41) is 0. The first kappa shape index (κ1) is 14.6. The number of nitrogens with one attached hydrogen (secondary N) is 1. The molecule has 1 unspecified atom stereocenters. The van der Waals surface area contributed by atoms with Gasteiger partial charge < -0.3 is 0 Å². The lowest BCUT2D eigenvalue weighted by molar-refractivity contribution is 0.565. The molecule has 0 radical (unpaired) electrons. The van der Waals surface area contributed by atoms with E-state index in [-0.39, 0.29) is 17.6 Å². The lowest BCUT2D eigenvalue weighted by Gasteiger charge is -2.14. The van der Waals surface area contributed by atoms with E-state index in [1.54, 1.807) is 31.5 Å². The Morgan fingerprint density at radius 2 is 1.95 bits per heavy atom.